The van der Waals surface area contributed by atoms with Gasteiger partial charge in [0.25, 0.3) is 0 Å². The first-order valence-corrected chi connectivity index (χ1v) is 6.89. The van der Waals surface area contributed by atoms with Crippen LogP contribution in [0.5, 0.6) is 0 Å². The van der Waals surface area contributed by atoms with Gasteiger partial charge in [0.15, 0.2) is 0 Å². The molecule has 0 fully saturated rings. The minimum atomic E-state index is -0.188. The van der Waals surface area contributed by atoms with E-state index in [1.54, 1.807) is 6.20 Å². The van der Waals surface area contributed by atoms with Crippen molar-refractivity contribution in [3.8, 4) is 0 Å². The van der Waals surface area contributed by atoms with Crippen molar-refractivity contribution in [2.24, 2.45) is 0 Å². The van der Waals surface area contributed by atoms with E-state index in [1.165, 1.54) is 0 Å². The van der Waals surface area contributed by atoms with Crippen LogP contribution >= 0.6 is 0 Å². The molecule has 0 atom stereocenters. The van der Waals surface area contributed by atoms with Crippen LogP contribution < -0.4 is 11.0 Å². The summed E-state index contributed by atoms with van der Waals surface area (Å²) in [6.45, 7) is 4.77. The Morgan fingerprint density at radius 1 is 1.19 bits per heavy atom. The van der Waals surface area contributed by atoms with Crippen LogP contribution in [0.4, 0.5) is 5.82 Å². The Balaban J connectivity index is 1.76. The number of aromatic amines is 2. The molecule has 0 radical (unpaired) electrons. The van der Waals surface area contributed by atoms with Crippen LogP contribution in [0.1, 0.15) is 31.2 Å². The maximum absolute atomic E-state index is 11.2. The Hall–Kier alpha value is -2.63. The lowest BCUT2D eigenvalue weighted by atomic mass is 10.2. The molecule has 1 aromatic carbocycles. The Morgan fingerprint density at radius 3 is 2.81 bits per heavy atom. The highest BCUT2D eigenvalue weighted by Crippen LogP contribution is 2.14. The summed E-state index contributed by atoms with van der Waals surface area (Å²) in [6, 6.07) is 7.67. The minimum absolute atomic E-state index is 0.188. The molecule has 0 aliphatic heterocycles. The summed E-state index contributed by atoms with van der Waals surface area (Å²) >= 11 is 0. The van der Waals surface area contributed by atoms with Gasteiger partial charge in [-0.05, 0) is 23.8 Å². The average Bonchev–Trinajstić information content (AvgIpc) is 2.84. The highest BCUT2D eigenvalue weighted by molar-refractivity contribution is 5.75. The van der Waals surface area contributed by atoms with Gasteiger partial charge in [0.2, 0.25) is 0 Å². The molecular formula is C15H17N5O. The number of benzene rings is 1. The van der Waals surface area contributed by atoms with E-state index in [9.17, 15) is 4.79 Å². The molecule has 2 aromatic heterocycles. The summed E-state index contributed by atoms with van der Waals surface area (Å²) < 4.78 is 0. The summed E-state index contributed by atoms with van der Waals surface area (Å²) in [5, 5.41) is 3.27. The number of H-pyrrole nitrogens is 2. The zero-order chi connectivity index (χ0) is 14.8. The van der Waals surface area contributed by atoms with Crippen LogP contribution in [-0.2, 0) is 6.54 Å². The molecule has 108 valence electrons. The molecule has 21 heavy (non-hydrogen) atoms. The van der Waals surface area contributed by atoms with Crippen molar-refractivity contribution < 1.29 is 0 Å². The Kier molecular flexibility index (Phi) is 3.43. The van der Waals surface area contributed by atoms with Gasteiger partial charge in [-0.3, -0.25) is 0 Å². The fourth-order valence-corrected chi connectivity index (χ4v) is 2.13. The molecule has 0 unspecified atom stereocenters. The lowest BCUT2D eigenvalue weighted by Crippen LogP contribution is -2.05. The molecular weight excluding hydrogens is 266 g/mol. The van der Waals surface area contributed by atoms with Crippen molar-refractivity contribution in [3.63, 3.8) is 0 Å². The molecule has 0 aliphatic rings. The van der Waals surface area contributed by atoms with Crippen molar-refractivity contribution in [1.82, 2.24) is 19.9 Å². The number of nitrogens with one attached hydrogen (secondary N) is 3. The first-order valence-electron chi connectivity index (χ1n) is 6.89. The van der Waals surface area contributed by atoms with E-state index < -0.39 is 0 Å². The van der Waals surface area contributed by atoms with Crippen LogP contribution in [0.3, 0.4) is 0 Å². The van der Waals surface area contributed by atoms with E-state index in [-0.39, 0.29) is 5.69 Å². The van der Waals surface area contributed by atoms with Crippen LogP contribution in [0, 0.1) is 0 Å². The highest BCUT2D eigenvalue weighted by Gasteiger charge is 2.04. The van der Waals surface area contributed by atoms with Gasteiger partial charge in [-0.1, -0.05) is 19.9 Å². The van der Waals surface area contributed by atoms with Crippen molar-refractivity contribution in [1.29, 1.82) is 0 Å². The van der Waals surface area contributed by atoms with Gasteiger partial charge < -0.3 is 15.3 Å². The summed E-state index contributed by atoms with van der Waals surface area (Å²) in [4.78, 5) is 25.4. The van der Waals surface area contributed by atoms with Gasteiger partial charge in [-0.25, -0.2) is 14.8 Å². The zero-order valence-corrected chi connectivity index (χ0v) is 12.0. The number of imidazole rings is 1. The number of fused-ring (bicyclic) bond motifs is 1. The largest absolute Gasteiger partial charge is 0.366 e. The Bertz CT molecular complexity index is 818. The monoisotopic (exact) mass is 283 g/mol. The number of hydrogen-bond donors (Lipinski definition) is 3. The molecule has 0 aliphatic carbocycles. The minimum Gasteiger partial charge on any atom is -0.366 e. The molecule has 6 heteroatoms. The van der Waals surface area contributed by atoms with E-state index >= 15 is 0 Å². The number of hydrogen-bond acceptors (Lipinski definition) is 4. The van der Waals surface area contributed by atoms with E-state index in [4.69, 9.17) is 0 Å². The molecule has 0 saturated heterocycles. The van der Waals surface area contributed by atoms with E-state index in [1.807, 2.05) is 24.3 Å². The molecule has 2 heterocycles. The third-order valence-corrected chi connectivity index (χ3v) is 3.24. The number of anilines is 1. The molecule has 0 spiro atoms. The second-order valence-corrected chi connectivity index (χ2v) is 5.27. The Morgan fingerprint density at radius 2 is 2.00 bits per heavy atom. The highest BCUT2D eigenvalue weighted by atomic mass is 16.1. The standard InChI is InChI=1S/C15H17N5O/c1-9(2)14-16-6-5-13(20-14)17-8-10-3-4-11-12(7-10)19-15(21)18-11/h3-7,9H,8H2,1-2H3,(H,16,17,20)(H2,18,19,21). The van der Waals surface area contributed by atoms with Crippen molar-refractivity contribution in [2.75, 3.05) is 5.32 Å². The number of nitrogens with zero attached hydrogens (tertiary/aromatic N) is 2. The van der Waals surface area contributed by atoms with Gasteiger partial charge in [-0.15, -0.1) is 0 Å². The first kappa shape index (κ1) is 13.4. The molecule has 0 saturated carbocycles. The maximum atomic E-state index is 11.2. The van der Waals surface area contributed by atoms with E-state index in [0.29, 0.717) is 12.5 Å². The molecule has 3 aromatic rings. The van der Waals surface area contributed by atoms with Gasteiger partial charge in [0.05, 0.1) is 11.0 Å². The topological polar surface area (TPSA) is 86.5 Å². The SMILES string of the molecule is CC(C)c1nccc(NCc2ccc3[nH]c(=O)[nH]c3c2)n1. The van der Waals surface area contributed by atoms with Crippen LogP contribution in [0.15, 0.2) is 35.3 Å². The summed E-state index contributed by atoms with van der Waals surface area (Å²) in [5.41, 5.74) is 2.51. The second-order valence-electron chi connectivity index (χ2n) is 5.27. The first-order chi connectivity index (χ1) is 10.1. The Labute approximate surface area is 121 Å². The van der Waals surface area contributed by atoms with Gasteiger partial charge >= 0.3 is 5.69 Å². The fourth-order valence-electron chi connectivity index (χ4n) is 2.13. The normalized spacial score (nSPS) is 11.2. The maximum Gasteiger partial charge on any atom is 0.323 e. The van der Waals surface area contributed by atoms with Crippen LogP contribution in [0.2, 0.25) is 0 Å². The molecule has 0 bridgehead atoms. The van der Waals surface area contributed by atoms with Crippen LogP contribution in [0.25, 0.3) is 11.0 Å². The third-order valence-electron chi connectivity index (χ3n) is 3.24. The number of rotatable bonds is 4. The lowest BCUT2D eigenvalue weighted by Gasteiger charge is -2.08. The predicted octanol–water partition coefficient (Wildman–Crippen LogP) is 2.38. The summed E-state index contributed by atoms with van der Waals surface area (Å²) in [6.07, 6.45) is 1.76. The van der Waals surface area contributed by atoms with Crippen molar-refractivity contribution in [3.05, 3.63) is 52.3 Å². The molecule has 3 N–H and O–H groups in total. The van der Waals surface area contributed by atoms with Crippen molar-refractivity contribution in [2.45, 2.75) is 26.3 Å². The second kappa shape index (κ2) is 5.40. The van der Waals surface area contributed by atoms with Crippen LogP contribution in [-0.4, -0.2) is 19.9 Å². The van der Waals surface area contributed by atoms with Crippen molar-refractivity contribution >= 4 is 16.9 Å². The zero-order valence-electron chi connectivity index (χ0n) is 12.0. The number of aromatic nitrogens is 4. The predicted molar refractivity (Wildman–Crippen MR) is 82.4 cm³/mol. The lowest BCUT2D eigenvalue weighted by molar-refractivity contribution is 0.774. The summed E-state index contributed by atoms with van der Waals surface area (Å²) in [7, 11) is 0. The van der Waals surface area contributed by atoms with Gasteiger partial charge in [0, 0.05) is 18.7 Å². The smallest absolute Gasteiger partial charge is 0.323 e. The van der Waals surface area contributed by atoms with Gasteiger partial charge in [0.1, 0.15) is 11.6 Å². The fraction of sp³-hybridized carbons (Fsp3) is 0.267. The van der Waals surface area contributed by atoms with E-state index in [0.717, 1.165) is 28.2 Å². The van der Waals surface area contributed by atoms with Gasteiger partial charge in [-0.2, -0.15) is 0 Å². The molecule has 3 rings (SSSR count). The molecule has 0 amide bonds. The third kappa shape index (κ3) is 2.94. The quantitative estimate of drug-likeness (QED) is 0.686. The van der Waals surface area contributed by atoms with E-state index in [2.05, 4.69) is 39.1 Å². The molecule has 6 nitrogen and oxygen atoms in total. The average molecular weight is 283 g/mol. The summed E-state index contributed by atoms with van der Waals surface area (Å²) in [5.74, 6) is 1.93.